The normalized spacial score (nSPS) is 11.1. The Labute approximate surface area is 159 Å². The van der Waals surface area contributed by atoms with E-state index >= 15 is 0 Å². The molecule has 2 rings (SSSR count). The molecule has 0 aliphatic heterocycles. The van der Waals surface area contributed by atoms with E-state index in [1.165, 1.54) is 5.56 Å². The molecule has 0 spiro atoms. The lowest BCUT2D eigenvalue weighted by Gasteiger charge is -2.19. The predicted octanol–water partition coefficient (Wildman–Crippen LogP) is 3.70. The first kappa shape index (κ1) is 19.9. The number of guanidine groups is 1. The van der Waals surface area contributed by atoms with Crippen molar-refractivity contribution in [3.05, 3.63) is 52.0 Å². The van der Waals surface area contributed by atoms with Crippen molar-refractivity contribution in [2.24, 2.45) is 10.7 Å². The summed E-state index contributed by atoms with van der Waals surface area (Å²) in [6, 6.07) is 10.5. The molecule has 0 saturated carbocycles. The summed E-state index contributed by atoms with van der Waals surface area (Å²) in [5.74, 6) is 0.601. The van der Waals surface area contributed by atoms with Crippen LogP contribution in [0.1, 0.15) is 30.1 Å². The fourth-order valence-corrected chi connectivity index (χ4v) is 3.03. The van der Waals surface area contributed by atoms with Gasteiger partial charge in [0.15, 0.2) is 5.96 Å². The van der Waals surface area contributed by atoms with Crippen molar-refractivity contribution in [2.75, 3.05) is 13.1 Å². The van der Waals surface area contributed by atoms with Crippen LogP contribution < -0.4 is 5.73 Å². The first-order chi connectivity index (χ1) is 10.7. The number of thiazole rings is 1. The second kappa shape index (κ2) is 10.6. The van der Waals surface area contributed by atoms with E-state index in [0.717, 1.165) is 36.6 Å². The van der Waals surface area contributed by atoms with E-state index in [4.69, 9.17) is 5.73 Å². The Morgan fingerprint density at radius 3 is 2.52 bits per heavy atom. The van der Waals surface area contributed by atoms with Gasteiger partial charge >= 0.3 is 0 Å². The highest BCUT2D eigenvalue weighted by atomic mass is 127. The second-order valence-corrected chi connectivity index (χ2v) is 6.01. The molecule has 1 aromatic carbocycles. The number of benzene rings is 1. The van der Waals surface area contributed by atoms with E-state index in [-0.39, 0.29) is 24.0 Å². The minimum absolute atomic E-state index is 0. The minimum Gasteiger partial charge on any atom is -0.370 e. The van der Waals surface area contributed by atoms with Gasteiger partial charge in [-0.25, -0.2) is 9.98 Å². The predicted molar refractivity (Wildman–Crippen MR) is 110 cm³/mol. The van der Waals surface area contributed by atoms with Gasteiger partial charge in [-0.3, -0.25) is 0 Å². The van der Waals surface area contributed by atoms with Crippen molar-refractivity contribution in [2.45, 2.75) is 33.2 Å². The average molecular weight is 444 g/mol. The molecule has 0 aliphatic rings. The summed E-state index contributed by atoms with van der Waals surface area (Å²) < 4.78 is 0. The topological polar surface area (TPSA) is 54.5 Å². The van der Waals surface area contributed by atoms with Crippen LogP contribution in [0.15, 0.2) is 40.7 Å². The SMILES string of the molecule is CCN(CC)C(N)=NCc1csc(CCc2ccccc2)n1.I. The summed E-state index contributed by atoms with van der Waals surface area (Å²) >= 11 is 1.71. The van der Waals surface area contributed by atoms with Crippen LogP contribution in [0.2, 0.25) is 0 Å². The van der Waals surface area contributed by atoms with E-state index < -0.39 is 0 Å². The first-order valence-corrected chi connectivity index (χ1v) is 8.63. The summed E-state index contributed by atoms with van der Waals surface area (Å²) in [6.07, 6.45) is 2.00. The molecular weight excluding hydrogens is 419 g/mol. The lowest BCUT2D eigenvalue weighted by atomic mass is 10.1. The third-order valence-corrected chi connectivity index (χ3v) is 4.52. The largest absolute Gasteiger partial charge is 0.370 e. The molecule has 0 aliphatic carbocycles. The second-order valence-electron chi connectivity index (χ2n) is 5.06. The molecule has 6 heteroatoms. The Morgan fingerprint density at radius 2 is 1.87 bits per heavy atom. The van der Waals surface area contributed by atoms with E-state index in [1.807, 2.05) is 11.0 Å². The summed E-state index contributed by atoms with van der Waals surface area (Å²) in [5.41, 5.74) is 8.33. The molecule has 0 fully saturated rings. The molecule has 1 aromatic heterocycles. The van der Waals surface area contributed by atoms with E-state index in [2.05, 4.69) is 53.5 Å². The first-order valence-electron chi connectivity index (χ1n) is 7.75. The van der Waals surface area contributed by atoms with Gasteiger partial charge in [-0.2, -0.15) is 0 Å². The van der Waals surface area contributed by atoms with Crippen LogP contribution in [-0.4, -0.2) is 28.9 Å². The zero-order valence-corrected chi connectivity index (χ0v) is 16.9. The molecule has 0 atom stereocenters. The lowest BCUT2D eigenvalue weighted by Crippen LogP contribution is -2.37. The number of aromatic nitrogens is 1. The van der Waals surface area contributed by atoms with Gasteiger partial charge < -0.3 is 10.6 Å². The molecule has 2 aromatic rings. The third-order valence-electron chi connectivity index (χ3n) is 3.56. The number of rotatable bonds is 7. The summed E-state index contributed by atoms with van der Waals surface area (Å²) in [5, 5.41) is 3.25. The maximum Gasteiger partial charge on any atom is 0.191 e. The van der Waals surface area contributed by atoms with E-state index in [9.17, 15) is 0 Å². The Balaban J connectivity index is 0.00000264. The summed E-state index contributed by atoms with van der Waals surface area (Å²) in [6.45, 7) is 6.48. The number of aryl methyl sites for hydroxylation is 2. The quantitative estimate of drug-likeness (QED) is 0.403. The molecule has 2 N–H and O–H groups in total. The number of hydrogen-bond donors (Lipinski definition) is 1. The van der Waals surface area contributed by atoms with Gasteiger partial charge in [0, 0.05) is 24.9 Å². The molecule has 0 saturated heterocycles. The maximum atomic E-state index is 5.98. The van der Waals surface area contributed by atoms with E-state index in [0.29, 0.717) is 12.5 Å². The molecular formula is C17H25IN4S. The van der Waals surface area contributed by atoms with Gasteiger partial charge in [-0.15, -0.1) is 35.3 Å². The smallest absolute Gasteiger partial charge is 0.191 e. The zero-order valence-electron chi connectivity index (χ0n) is 13.7. The Hall–Kier alpha value is -1.15. The number of hydrogen-bond acceptors (Lipinski definition) is 3. The molecule has 0 radical (unpaired) electrons. The van der Waals surface area contributed by atoms with Gasteiger partial charge in [-0.1, -0.05) is 30.3 Å². The van der Waals surface area contributed by atoms with Crippen molar-refractivity contribution < 1.29 is 0 Å². The average Bonchev–Trinajstić information content (AvgIpc) is 3.01. The molecule has 4 nitrogen and oxygen atoms in total. The van der Waals surface area contributed by atoms with Gasteiger partial charge in [0.05, 0.1) is 17.2 Å². The van der Waals surface area contributed by atoms with Crippen LogP contribution in [0, 0.1) is 0 Å². The molecule has 126 valence electrons. The zero-order chi connectivity index (χ0) is 15.8. The van der Waals surface area contributed by atoms with Crippen LogP contribution in [0.3, 0.4) is 0 Å². The fourth-order valence-electron chi connectivity index (χ4n) is 2.24. The van der Waals surface area contributed by atoms with Crippen molar-refractivity contribution in [1.82, 2.24) is 9.88 Å². The summed E-state index contributed by atoms with van der Waals surface area (Å²) in [4.78, 5) is 11.1. The van der Waals surface area contributed by atoms with Crippen molar-refractivity contribution in [3.8, 4) is 0 Å². The van der Waals surface area contributed by atoms with Crippen LogP contribution in [0.5, 0.6) is 0 Å². The molecule has 0 bridgehead atoms. The van der Waals surface area contributed by atoms with Crippen molar-refractivity contribution >= 4 is 41.3 Å². The maximum absolute atomic E-state index is 5.98. The van der Waals surface area contributed by atoms with Crippen molar-refractivity contribution in [3.63, 3.8) is 0 Å². The molecule has 23 heavy (non-hydrogen) atoms. The summed E-state index contributed by atoms with van der Waals surface area (Å²) in [7, 11) is 0. The van der Waals surface area contributed by atoms with Crippen LogP contribution in [0.25, 0.3) is 0 Å². The van der Waals surface area contributed by atoms with Gasteiger partial charge in [0.25, 0.3) is 0 Å². The number of halogens is 1. The fraction of sp³-hybridized carbons (Fsp3) is 0.412. The molecule has 0 unspecified atom stereocenters. The highest BCUT2D eigenvalue weighted by Gasteiger charge is 2.05. The number of nitrogens with zero attached hydrogens (tertiary/aromatic N) is 3. The van der Waals surface area contributed by atoms with Gasteiger partial charge in [0.1, 0.15) is 0 Å². The Kier molecular flexibility index (Phi) is 9.16. The number of aliphatic imine (C=N–C) groups is 1. The number of nitrogens with two attached hydrogens (primary N) is 1. The Bertz CT molecular complexity index is 594. The lowest BCUT2D eigenvalue weighted by molar-refractivity contribution is 0.458. The Morgan fingerprint density at radius 1 is 1.17 bits per heavy atom. The highest BCUT2D eigenvalue weighted by molar-refractivity contribution is 14.0. The molecule has 1 heterocycles. The molecule has 0 amide bonds. The standard InChI is InChI=1S/C17H24N4S.HI/c1-3-21(4-2)17(18)19-12-15-13-22-16(20-15)11-10-14-8-6-5-7-9-14;/h5-9,13H,3-4,10-12H2,1-2H3,(H2,18,19);1H. The van der Waals surface area contributed by atoms with Crippen LogP contribution in [0.4, 0.5) is 0 Å². The van der Waals surface area contributed by atoms with Gasteiger partial charge in [-0.05, 0) is 25.8 Å². The van der Waals surface area contributed by atoms with Gasteiger partial charge in [0.2, 0.25) is 0 Å². The van der Waals surface area contributed by atoms with E-state index in [1.54, 1.807) is 11.3 Å². The highest BCUT2D eigenvalue weighted by Crippen LogP contribution is 2.14. The third kappa shape index (κ3) is 6.47. The van der Waals surface area contributed by atoms with Crippen LogP contribution in [-0.2, 0) is 19.4 Å². The monoisotopic (exact) mass is 444 g/mol. The van der Waals surface area contributed by atoms with Crippen molar-refractivity contribution in [1.29, 1.82) is 0 Å². The minimum atomic E-state index is 0. The van der Waals surface area contributed by atoms with Crippen LogP contribution >= 0.6 is 35.3 Å².